The van der Waals surface area contributed by atoms with Crippen LogP contribution < -0.4 is 0 Å². The van der Waals surface area contributed by atoms with Crippen molar-refractivity contribution in [2.24, 2.45) is 0 Å². The molecule has 2 rings (SSSR count). The SMILES string of the molecule is CC.CCN1CCN(Cc2ccc(CO)cc2)CC1. The molecule has 0 bridgehead atoms. The molecule has 19 heavy (non-hydrogen) atoms. The van der Waals surface area contributed by atoms with Crippen molar-refractivity contribution >= 4 is 0 Å². The highest BCUT2D eigenvalue weighted by Gasteiger charge is 2.15. The van der Waals surface area contributed by atoms with Crippen LogP contribution in [0.25, 0.3) is 0 Å². The minimum Gasteiger partial charge on any atom is -0.392 e. The van der Waals surface area contributed by atoms with Gasteiger partial charge in [0.15, 0.2) is 0 Å². The van der Waals surface area contributed by atoms with E-state index in [0.717, 1.165) is 25.2 Å². The number of nitrogens with zero attached hydrogens (tertiary/aromatic N) is 2. The summed E-state index contributed by atoms with van der Waals surface area (Å²) in [6.45, 7) is 13.3. The van der Waals surface area contributed by atoms with Gasteiger partial charge in [-0.1, -0.05) is 45.0 Å². The van der Waals surface area contributed by atoms with Crippen LogP contribution in [0.3, 0.4) is 0 Å². The van der Waals surface area contributed by atoms with E-state index >= 15 is 0 Å². The largest absolute Gasteiger partial charge is 0.392 e. The minimum absolute atomic E-state index is 0.134. The summed E-state index contributed by atoms with van der Waals surface area (Å²) in [4.78, 5) is 4.99. The molecule has 3 heteroatoms. The fourth-order valence-corrected chi connectivity index (χ4v) is 2.27. The number of rotatable bonds is 4. The first-order valence-electron chi connectivity index (χ1n) is 7.45. The number of aliphatic hydroxyl groups excluding tert-OH is 1. The van der Waals surface area contributed by atoms with Gasteiger partial charge in [-0.05, 0) is 17.7 Å². The molecule has 1 fully saturated rings. The van der Waals surface area contributed by atoms with E-state index in [1.165, 1.54) is 25.2 Å². The molecular formula is C16H28N2O. The Kier molecular flexibility index (Phi) is 7.72. The Balaban J connectivity index is 0.000000861. The Labute approximate surface area is 117 Å². The quantitative estimate of drug-likeness (QED) is 0.904. The summed E-state index contributed by atoms with van der Waals surface area (Å²) in [5.41, 5.74) is 2.33. The molecular weight excluding hydrogens is 236 g/mol. The van der Waals surface area contributed by atoms with Crippen LogP contribution in [0.4, 0.5) is 0 Å². The van der Waals surface area contributed by atoms with E-state index < -0.39 is 0 Å². The van der Waals surface area contributed by atoms with Gasteiger partial charge < -0.3 is 10.0 Å². The maximum Gasteiger partial charge on any atom is 0.0681 e. The van der Waals surface area contributed by atoms with Crippen LogP contribution in [0.1, 0.15) is 31.9 Å². The fraction of sp³-hybridized carbons (Fsp3) is 0.625. The lowest BCUT2D eigenvalue weighted by Crippen LogP contribution is -2.45. The van der Waals surface area contributed by atoms with Crippen molar-refractivity contribution in [3.63, 3.8) is 0 Å². The van der Waals surface area contributed by atoms with Crippen LogP contribution in [0, 0.1) is 0 Å². The van der Waals surface area contributed by atoms with Crippen molar-refractivity contribution in [2.75, 3.05) is 32.7 Å². The summed E-state index contributed by atoms with van der Waals surface area (Å²) < 4.78 is 0. The lowest BCUT2D eigenvalue weighted by molar-refractivity contribution is 0.132. The molecule has 0 aromatic heterocycles. The number of hydrogen-bond acceptors (Lipinski definition) is 3. The lowest BCUT2D eigenvalue weighted by Gasteiger charge is -2.34. The molecule has 1 N–H and O–H groups in total. The van der Waals surface area contributed by atoms with E-state index in [4.69, 9.17) is 5.11 Å². The Bertz CT molecular complexity index is 329. The number of hydrogen-bond donors (Lipinski definition) is 1. The third-order valence-electron chi connectivity index (χ3n) is 3.52. The highest BCUT2D eigenvalue weighted by molar-refractivity contribution is 5.21. The van der Waals surface area contributed by atoms with Gasteiger partial charge in [-0.25, -0.2) is 0 Å². The molecule has 0 amide bonds. The van der Waals surface area contributed by atoms with Crippen LogP contribution in [-0.2, 0) is 13.2 Å². The molecule has 1 aromatic carbocycles. The van der Waals surface area contributed by atoms with Crippen LogP contribution in [0.15, 0.2) is 24.3 Å². The van der Waals surface area contributed by atoms with E-state index in [2.05, 4.69) is 28.9 Å². The Morgan fingerprint density at radius 3 is 1.84 bits per heavy atom. The summed E-state index contributed by atoms with van der Waals surface area (Å²) in [6.07, 6.45) is 0. The molecule has 1 aromatic rings. The highest BCUT2D eigenvalue weighted by atomic mass is 16.3. The third-order valence-corrected chi connectivity index (χ3v) is 3.52. The van der Waals surface area contributed by atoms with E-state index in [1.807, 2.05) is 26.0 Å². The van der Waals surface area contributed by atoms with Gasteiger partial charge in [-0.2, -0.15) is 0 Å². The molecule has 0 unspecified atom stereocenters. The van der Waals surface area contributed by atoms with Crippen molar-refractivity contribution in [2.45, 2.75) is 33.9 Å². The van der Waals surface area contributed by atoms with Crippen molar-refractivity contribution in [3.05, 3.63) is 35.4 Å². The predicted octanol–water partition coefficient (Wildman–Crippen LogP) is 2.34. The van der Waals surface area contributed by atoms with Gasteiger partial charge in [0.1, 0.15) is 0 Å². The molecule has 0 atom stereocenters. The second-order valence-electron chi connectivity index (χ2n) is 4.69. The van der Waals surface area contributed by atoms with Gasteiger partial charge in [-0.15, -0.1) is 0 Å². The van der Waals surface area contributed by atoms with E-state index in [1.54, 1.807) is 0 Å². The van der Waals surface area contributed by atoms with E-state index in [0.29, 0.717) is 0 Å². The Hall–Kier alpha value is -0.900. The molecule has 1 aliphatic rings. The Morgan fingerprint density at radius 2 is 1.37 bits per heavy atom. The molecule has 3 nitrogen and oxygen atoms in total. The van der Waals surface area contributed by atoms with Gasteiger partial charge in [0.05, 0.1) is 6.61 Å². The smallest absolute Gasteiger partial charge is 0.0681 e. The number of piperazine rings is 1. The second kappa shape index (κ2) is 9.08. The first-order chi connectivity index (χ1) is 9.31. The zero-order chi connectivity index (χ0) is 14.1. The summed E-state index contributed by atoms with van der Waals surface area (Å²) in [7, 11) is 0. The van der Waals surface area contributed by atoms with Crippen LogP contribution in [0.2, 0.25) is 0 Å². The Morgan fingerprint density at radius 1 is 0.895 bits per heavy atom. The number of benzene rings is 1. The minimum atomic E-state index is 0.134. The molecule has 1 aliphatic heterocycles. The maximum absolute atomic E-state index is 8.99. The average molecular weight is 264 g/mol. The third kappa shape index (κ3) is 5.31. The molecule has 0 radical (unpaired) electrons. The normalized spacial score (nSPS) is 16.8. The van der Waals surface area contributed by atoms with Crippen molar-refractivity contribution < 1.29 is 5.11 Å². The van der Waals surface area contributed by atoms with Gasteiger partial charge >= 0.3 is 0 Å². The van der Waals surface area contributed by atoms with Crippen LogP contribution in [0.5, 0.6) is 0 Å². The molecule has 0 saturated carbocycles. The zero-order valence-electron chi connectivity index (χ0n) is 12.6. The van der Waals surface area contributed by atoms with E-state index in [-0.39, 0.29) is 6.61 Å². The number of likely N-dealkylation sites (N-methyl/N-ethyl adjacent to an activating group) is 1. The second-order valence-corrected chi connectivity index (χ2v) is 4.69. The summed E-state index contributed by atoms with van der Waals surface area (Å²) in [5, 5.41) is 8.99. The van der Waals surface area contributed by atoms with Crippen LogP contribution >= 0.6 is 0 Å². The van der Waals surface area contributed by atoms with E-state index in [9.17, 15) is 0 Å². The predicted molar refractivity (Wildman–Crippen MR) is 81.1 cm³/mol. The fourth-order valence-electron chi connectivity index (χ4n) is 2.27. The van der Waals surface area contributed by atoms with Crippen molar-refractivity contribution in [1.29, 1.82) is 0 Å². The zero-order valence-corrected chi connectivity index (χ0v) is 12.6. The molecule has 0 aliphatic carbocycles. The summed E-state index contributed by atoms with van der Waals surface area (Å²) in [6, 6.07) is 8.27. The standard InChI is InChI=1S/C14H22N2O.C2H6/c1-2-15-7-9-16(10-8-15)11-13-3-5-14(12-17)6-4-13;1-2/h3-6,17H,2,7-12H2,1H3;1-2H3. The van der Waals surface area contributed by atoms with Crippen molar-refractivity contribution in [3.8, 4) is 0 Å². The van der Waals surface area contributed by atoms with Crippen molar-refractivity contribution in [1.82, 2.24) is 9.80 Å². The van der Waals surface area contributed by atoms with Crippen LogP contribution in [-0.4, -0.2) is 47.6 Å². The van der Waals surface area contributed by atoms with Gasteiger partial charge in [0, 0.05) is 32.7 Å². The molecule has 1 saturated heterocycles. The molecule has 108 valence electrons. The topological polar surface area (TPSA) is 26.7 Å². The first-order valence-corrected chi connectivity index (χ1v) is 7.45. The van der Waals surface area contributed by atoms with Gasteiger partial charge in [0.25, 0.3) is 0 Å². The summed E-state index contributed by atoms with van der Waals surface area (Å²) in [5.74, 6) is 0. The number of aliphatic hydroxyl groups is 1. The van der Waals surface area contributed by atoms with Gasteiger partial charge in [-0.3, -0.25) is 4.90 Å². The average Bonchev–Trinajstić information content (AvgIpc) is 2.51. The van der Waals surface area contributed by atoms with Gasteiger partial charge in [0.2, 0.25) is 0 Å². The molecule has 0 spiro atoms. The lowest BCUT2D eigenvalue weighted by atomic mass is 10.1. The summed E-state index contributed by atoms with van der Waals surface area (Å²) >= 11 is 0. The maximum atomic E-state index is 8.99. The molecule has 1 heterocycles. The monoisotopic (exact) mass is 264 g/mol. The highest BCUT2D eigenvalue weighted by Crippen LogP contribution is 2.10. The first kappa shape index (κ1) is 16.2.